The summed E-state index contributed by atoms with van der Waals surface area (Å²) in [4.78, 5) is 11.5. The van der Waals surface area contributed by atoms with Crippen LogP contribution in [0.15, 0.2) is 30.3 Å². The standard InChI is InChI=1S/C12H18N2.C2H4O2/c1-2-4-12(5-3-1)6-9-14-10-7-13-8-11-14;1-2(3)4/h1-5,13H,6-11H2;1H3,(H,3,4). The predicted octanol–water partition coefficient (Wildman–Crippen LogP) is 1.23. The highest BCUT2D eigenvalue weighted by Crippen LogP contribution is 2.01. The van der Waals surface area contributed by atoms with Crippen LogP contribution in [0.2, 0.25) is 0 Å². The summed E-state index contributed by atoms with van der Waals surface area (Å²) in [7, 11) is 0. The summed E-state index contributed by atoms with van der Waals surface area (Å²) in [5.74, 6) is -0.833. The molecular formula is C14H22N2O2. The molecule has 0 aliphatic carbocycles. The van der Waals surface area contributed by atoms with Crippen molar-refractivity contribution in [3.05, 3.63) is 35.9 Å². The smallest absolute Gasteiger partial charge is 0.300 e. The van der Waals surface area contributed by atoms with Crippen molar-refractivity contribution in [3.63, 3.8) is 0 Å². The molecule has 2 N–H and O–H groups in total. The number of nitrogens with one attached hydrogen (secondary N) is 1. The molecule has 1 fully saturated rings. The molecule has 0 unspecified atom stereocenters. The minimum Gasteiger partial charge on any atom is -0.481 e. The molecule has 1 saturated heterocycles. The summed E-state index contributed by atoms with van der Waals surface area (Å²) in [6, 6.07) is 10.7. The van der Waals surface area contributed by atoms with Crippen molar-refractivity contribution in [2.45, 2.75) is 13.3 Å². The lowest BCUT2D eigenvalue weighted by Crippen LogP contribution is -2.44. The van der Waals surface area contributed by atoms with Gasteiger partial charge in [0.15, 0.2) is 0 Å². The van der Waals surface area contributed by atoms with Gasteiger partial charge >= 0.3 is 0 Å². The fourth-order valence-electron chi connectivity index (χ4n) is 1.87. The van der Waals surface area contributed by atoms with Gasteiger partial charge in [-0.05, 0) is 12.0 Å². The van der Waals surface area contributed by atoms with Crippen molar-refractivity contribution in [1.29, 1.82) is 0 Å². The number of rotatable bonds is 3. The second-order valence-electron chi connectivity index (χ2n) is 4.35. The molecule has 2 rings (SSSR count). The minimum atomic E-state index is -0.833. The average molecular weight is 250 g/mol. The number of benzene rings is 1. The number of piperazine rings is 1. The van der Waals surface area contributed by atoms with Gasteiger partial charge in [-0.2, -0.15) is 0 Å². The van der Waals surface area contributed by atoms with Crippen molar-refractivity contribution in [2.24, 2.45) is 0 Å². The highest BCUT2D eigenvalue weighted by molar-refractivity contribution is 5.62. The highest BCUT2D eigenvalue weighted by Gasteiger charge is 2.08. The highest BCUT2D eigenvalue weighted by atomic mass is 16.4. The molecule has 0 bridgehead atoms. The maximum Gasteiger partial charge on any atom is 0.300 e. The maximum atomic E-state index is 9.00. The molecule has 1 heterocycles. The normalized spacial score (nSPS) is 15.6. The first-order chi connectivity index (χ1) is 8.68. The Morgan fingerprint density at radius 1 is 1.28 bits per heavy atom. The van der Waals surface area contributed by atoms with Crippen LogP contribution < -0.4 is 5.32 Å². The topological polar surface area (TPSA) is 52.6 Å². The molecule has 0 saturated carbocycles. The maximum absolute atomic E-state index is 9.00. The van der Waals surface area contributed by atoms with E-state index >= 15 is 0 Å². The van der Waals surface area contributed by atoms with E-state index < -0.39 is 5.97 Å². The molecule has 0 atom stereocenters. The van der Waals surface area contributed by atoms with Crippen molar-refractivity contribution < 1.29 is 9.90 Å². The largest absolute Gasteiger partial charge is 0.481 e. The SMILES string of the molecule is CC(=O)O.c1ccc(CCN2CCNCC2)cc1. The third-order valence-electron chi connectivity index (χ3n) is 2.77. The Bertz CT molecular complexity index is 331. The molecule has 18 heavy (non-hydrogen) atoms. The number of hydrogen-bond acceptors (Lipinski definition) is 3. The molecule has 0 amide bonds. The molecule has 0 radical (unpaired) electrons. The van der Waals surface area contributed by atoms with E-state index in [0.717, 1.165) is 20.0 Å². The Morgan fingerprint density at radius 3 is 2.39 bits per heavy atom. The number of hydrogen-bond donors (Lipinski definition) is 2. The molecule has 0 spiro atoms. The van der Waals surface area contributed by atoms with Gasteiger partial charge in [0.25, 0.3) is 5.97 Å². The summed E-state index contributed by atoms with van der Waals surface area (Å²) in [5, 5.41) is 10.8. The van der Waals surface area contributed by atoms with Gasteiger partial charge in [0, 0.05) is 39.6 Å². The predicted molar refractivity (Wildman–Crippen MR) is 72.8 cm³/mol. The summed E-state index contributed by atoms with van der Waals surface area (Å²) in [6.07, 6.45) is 1.18. The molecule has 4 heteroatoms. The lowest BCUT2D eigenvalue weighted by molar-refractivity contribution is -0.134. The van der Waals surface area contributed by atoms with E-state index in [4.69, 9.17) is 9.90 Å². The van der Waals surface area contributed by atoms with E-state index in [0.29, 0.717) is 0 Å². The molecular weight excluding hydrogens is 228 g/mol. The van der Waals surface area contributed by atoms with Gasteiger partial charge in [0.2, 0.25) is 0 Å². The van der Waals surface area contributed by atoms with Crippen molar-refractivity contribution >= 4 is 5.97 Å². The number of aliphatic carboxylic acids is 1. The Hall–Kier alpha value is -1.39. The first-order valence-corrected chi connectivity index (χ1v) is 6.35. The lowest BCUT2D eigenvalue weighted by atomic mass is 10.1. The van der Waals surface area contributed by atoms with E-state index in [1.165, 1.54) is 31.6 Å². The first-order valence-electron chi connectivity index (χ1n) is 6.35. The van der Waals surface area contributed by atoms with Crippen molar-refractivity contribution in [2.75, 3.05) is 32.7 Å². The summed E-state index contributed by atoms with van der Waals surface area (Å²) in [6.45, 7) is 6.98. The van der Waals surface area contributed by atoms with Crippen molar-refractivity contribution in [3.8, 4) is 0 Å². The van der Waals surface area contributed by atoms with Gasteiger partial charge in [-0.25, -0.2) is 0 Å². The van der Waals surface area contributed by atoms with Crippen molar-refractivity contribution in [1.82, 2.24) is 10.2 Å². The zero-order valence-electron chi connectivity index (χ0n) is 10.9. The summed E-state index contributed by atoms with van der Waals surface area (Å²) < 4.78 is 0. The molecule has 1 aliphatic heterocycles. The van der Waals surface area contributed by atoms with Crippen LogP contribution in [0.5, 0.6) is 0 Å². The van der Waals surface area contributed by atoms with Crippen LogP contribution in [0.25, 0.3) is 0 Å². The van der Waals surface area contributed by atoms with Gasteiger partial charge in [0.05, 0.1) is 0 Å². The molecule has 1 aromatic rings. The van der Waals surface area contributed by atoms with E-state index in [1.54, 1.807) is 0 Å². The quantitative estimate of drug-likeness (QED) is 0.847. The summed E-state index contributed by atoms with van der Waals surface area (Å²) in [5.41, 5.74) is 1.45. The van der Waals surface area contributed by atoms with Crippen LogP contribution in [0, 0.1) is 0 Å². The Balaban J connectivity index is 0.000000357. The van der Waals surface area contributed by atoms with Crippen LogP contribution in [0.1, 0.15) is 12.5 Å². The second-order valence-corrected chi connectivity index (χ2v) is 4.35. The Morgan fingerprint density at radius 2 is 1.83 bits per heavy atom. The fourth-order valence-corrected chi connectivity index (χ4v) is 1.87. The number of nitrogens with zero attached hydrogens (tertiary/aromatic N) is 1. The molecule has 4 nitrogen and oxygen atoms in total. The second kappa shape index (κ2) is 8.66. The van der Waals surface area contributed by atoms with Gasteiger partial charge in [-0.15, -0.1) is 0 Å². The fraction of sp³-hybridized carbons (Fsp3) is 0.500. The minimum absolute atomic E-state index is 0.833. The molecule has 0 aromatic heterocycles. The van der Waals surface area contributed by atoms with Gasteiger partial charge in [-0.1, -0.05) is 30.3 Å². The Kier molecular flexibility index (Phi) is 7.06. The number of carboxylic acid groups (broad SMARTS) is 1. The first kappa shape index (κ1) is 14.7. The van der Waals surface area contributed by atoms with Crippen LogP contribution in [-0.4, -0.2) is 48.7 Å². The average Bonchev–Trinajstić information content (AvgIpc) is 2.38. The molecule has 100 valence electrons. The van der Waals surface area contributed by atoms with E-state index in [1.807, 2.05) is 0 Å². The van der Waals surface area contributed by atoms with Crippen LogP contribution in [0.3, 0.4) is 0 Å². The zero-order valence-corrected chi connectivity index (χ0v) is 10.9. The van der Waals surface area contributed by atoms with E-state index in [-0.39, 0.29) is 0 Å². The molecule has 1 aromatic carbocycles. The third-order valence-corrected chi connectivity index (χ3v) is 2.77. The molecule has 1 aliphatic rings. The summed E-state index contributed by atoms with van der Waals surface area (Å²) >= 11 is 0. The lowest BCUT2D eigenvalue weighted by Gasteiger charge is -2.27. The van der Waals surface area contributed by atoms with Crippen LogP contribution in [-0.2, 0) is 11.2 Å². The Labute approximate surface area is 109 Å². The van der Waals surface area contributed by atoms with E-state index in [9.17, 15) is 0 Å². The van der Waals surface area contributed by atoms with Gasteiger partial charge in [-0.3, -0.25) is 4.79 Å². The van der Waals surface area contributed by atoms with Crippen LogP contribution >= 0.6 is 0 Å². The van der Waals surface area contributed by atoms with Gasteiger partial charge < -0.3 is 15.3 Å². The van der Waals surface area contributed by atoms with E-state index in [2.05, 4.69) is 40.5 Å². The monoisotopic (exact) mass is 250 g/mol. The number of carbonyl (C=O) groups is 1. The third kappa shape index (κ3) is 7.04. The number of carboxylic acids is 1. The van der Waals surface area contributed by atoms with Crippen LogP contribution in [0.4, 0.5) is 0 Å². The zero-order chi connectivity index (χ0) is 13.2. The van der Waals surface area contributed by atoms with Gasteiger partial charge in [0.1, 0.15) is 0 Å².